The molecule has 3 heterocycles. The van der Waals surface area contributed by atoms with E-state index < -0.39 is 11.6 Å². The lowest BCUT2D eigenvalue weighted by atomic mass is 9.82. The van der Waals surface area contributed by atoms with Gasteiger partial charge in [0, 0.05) is 58.9 Å². The van der Waals surface area contributed by atoms with E-state index in [0.717, 1.165) is 37.1 Å². The molecule has 2 aliphatic rings. The minimum Gasteiger partial charge on any atom is -0.477 e. The van der Waals surface area contributed by atoms with Gasteiger partial charge in [0.2, 0.25) is 0 Å². The highest BCUT2D eigenvalue weighted by molar-refractivity contribution is 7.24. The monoisotopic (exact) mass is 818 g/mol. The van der Waals surface area contributed by atoms with Crippen LogP contribution in [0.1, 0.15) is 61.7 Å². The number of carbonyl (C=O) groups is 1. The average molecular weight is 819 g/mol. The Morgan fingerprint density at radius 3 is 1.73 bits per heavy atom. The molecule has 1 N–H and O–H groups in total. The van der Waals surface area contributed by atoms with Crippen LogP contribution in [0.4, 0.5) is 17.1 Å². The van der Waals surface area contributed by atoms with Crippen LogP contribution in [0.2, 0.25) is 0 Å². The number of hydrogen-bond donors (Lipinski definition) is 1. The van der Waals surface area contributed by atoms with Crippen LogP contribution >= 0.6 is 22.7 Å². The van der Waals surface area contributed by atoms with Crippen molar-refractivity contribution >= 4 is 62.2 Å². The van der Waals surface area contributed by atoms with Crippen LogP contribution in [0.3, 0.4) is 0 Å². The van der Waals surface area contributed by atoms with E-state index in [0.29, 0.717) is 21.6 Å². The first-order valence-corrected chi connectivity index (χ1v) is 21.4. The molecule has 0 spiro atoms. The molecule has 2 aliphatic carbocycles. The zero-order valence-corrected chi connectivity index (χ0v) is 35.2. The highest BCUT2D eigenvalue weighted by Gasteiger charge is 2.37. The molecule has 0 amide bonds. The Morgan fingerprint density at radius 1 is 0.617 bits per heavy atom. The molecule has 6 nitrogen and oxygen atoms in total. The van der Waals surface area contributed by atoms with E-state index in [1.807, 2.05) is 42.5 Å². The van der Waals surface area contributed by atoms with Gasteiger partial charge >= 0.3 is 11.6 Å². The maximum absolute atomic E-state index is 13.8. The number of thiophene rings is 2. The molecule has 5 aromatic carbocycles. The van der Waals surface area contributed by atoms with Crippen molar-refractivity contribution in [2.75, 3.05) is 4.90 Å². The highest BCUT2D eigenvalue weighted by Crippen LogP contribution is 2.53. The second-order valence-corrected chi connectivity index (χ2v) is 18.7. The van der Waals surface area contributed by atoms with Gasteiger partial charge in [-0.15, -0.1) is 22.7 Å². The van der Waals surface area contributed by atoms with E-state index in [2.05, 4.69) is 124 Å². The summed E-state index contributed by atoms with van der Waals surface area (Å²) in [5.41, 5.74) is 13.4. The van der Waals surface area contributed by atoms with Crippen LogP contribution in [0.15, 0.2) is 148 Å². The second kappa shape index (κ2) is 13.6. The fourth-order valence-corrected chi connectivity index (χ4v) is 11.3. The van der Waals surface area contributed by atoms with E-state index in [9.17, 15) is 20.0 Å². The largest absolute Gasteiger partial charge is 0.477 e. The average Bonchev–Trinajstić information content (AvgIpc) is 4.02. The number of carboxylic acid groups (broad SMARTS) is 1. The summed E-state index contributed by atoms with van der Waals surface area (Å²) in [4.78, 5) is 31.0. The van der Waals surface area contributed by atoms with Gasteiger partial charge in [-0.2, -0.15) is 5.26 Å². The number of anilines is 3. The van der Waals surface area contributed by atoms with Crippen LogP contribution < -0.4 is 10.5 Å². The number of hydrogen-bond acceptors (Lipinski definition) is 7. The molecule has 0 radical (unpaired) electrons. The first-order chi connectivity index (χ1) is 28.8. The molecule has 0 atom stereocenters. The standard InChI is InChI=1S/C52H38N2O4S2/c1-29(39(28-53)49(55)56)45-20-22-47(59-45)48-23-21-46(60-48)38-24-30-14-15-33(27-44(30)58-50(38)57)54(31-16-18-36-34-10-6-8-12-40(34)51(2,3)42(36)25-31)32-17-19-37-35-11-7-9-13-41(35)52(4,5)43(37)26-32/h6-27H,1-5H3,(H,55,56). The van der Waals surface area contributed by atoms with E-state index >= 15 is 0 Å². The molecule has 0 unspecified atom stereocenters. The van der Waals surface area contributed by atoms with Crippen LogP contribution in [0, 0.1) is 11.3 Å². The molecule has 10 rings (SSSR count). The fraction of sp³-hybridized carbons (Fsp3) is 0.135. The van der Waals surface area contributed by atoms with Gasteiger partial charge in [0.15, 0.2) is 0 Å². The highest BCUT2D eigenvalue weighted by atomic mass is 32.1. The maximum Gasteiger partial charge on any atom is 0.346 e. The Balaban J connectivity index is 1.06. The third-order valence-electron chi connectivity index (χ3n) is 12.4. The summed E-state index contributed by atoms with van der Waals surface area (Å²) in [6, 6.07) is 48.3. The number of benzene rings is 5. The number of aliphatic carboxylic acids is 1. The van der Waals surface area contributed by atoms with Gasteiger partial charge in [0.05, 0.1) is 5.56 Å². The van der Waals surface area contributed by atoms with Crippen LogP contribution in [-0.2, 0) is 15.6 Å². The topological polar surface area (TPSA) is 94.5 Å². The van der Waals surface area contributed by atoms with Gasteiger partial charge in [-0.3, -0.25) is 0 Å². The first kappa shape index (κ1) is 37.5. The zero-order valence-electron chi connectivity index (χ0n) is 33.6. The fourth-order valence-electron chi connectivity index (χ4n) is 9.22. The summed E-state index contributed by atoms with van der Waals surface area (Å²) < 4.78 is 6.15. The normalized spacial score (nSPS) is 14.5. The molecule has 60 heavy (non-hydrogen) atoms. The van der Waals surface area contributed by atoms with Gasteiger partial charge in [0.25, 0.3) is 0 Å². The van der Waals surface area contributed by atoms with Crippen LogP contribution in [-0.4, -0.2) is 11.1 Å². The molecule has 0 aliphatic heterocycles. The van der Waals surface area contributed by atoms with Crippen molar-refractivity contribution in [1.82, 2.24) is 0 Å². The lowest BCUT2D eigenvalue weighted by Gasteiger charge is -2.29. The molecule has 0 bridgehead atoms. The van der Waals surface area contributed by atoms with Crippen LogP contribution in [0.5, 0.6) is 0 Å². The SMILES string of the molecule is CC(=C(C#N)C(=O)O)c1ccc(-c2ccc(-c3cc4ccc(N(c5ccc6c(c5)C(C)(C)c5ccccc5-6)c5ccc6c(c5)C(C)(C)c5ccccc5-6)cc4oc3=O)s2)s1. The Hall–Kier alpha value is -6.79. The summed E-state index contributed by atoms with van der Waals surface area (Å²) in [5, 5.41) is 19.6. The number of nitrogens with zero attached hydrogens (tertiary/aromatic N) is 2. The third-order valence-corrected chi connectivity index (χ3v) is 14.9. The number of allylic oxidation sites excluding steroid dienone is 1. The van der Waals surface area contributed by atoms with E-state index in [-0.39, 0.29) is 16.4 Å². The Bertz CT molecular complexity index is 3150. The summed E-state index contributed by atoms with van der Waals surface area (Å²) >= 11 is 2.87. The summed E-state index contributed by atoms with van der Waals surface area (Å²) in [6.07, 6.45) is 0. The molecule has 8 heteroatoms. The molecule has 0 fully saturated rings. The first-order valence-electron chi connectivity index (χ1n) is 19.8. The van der Waals surface area contributed by atoms with Gasteiger partial charge in [0.1, 0.15) is 17.2 Å². The van der Waals surface area contributed by atoms with Crippen LogP contribution in [0.25, 0.3) is 59.0 Å². The Labute approximate surface area is 355 Å². The van der Waals surface area contributed by atoms with Gasteiger partial charge < -0.3 is 14.4 Å². The third kappa shape index (κ3) is 5.72. The molecular weight excluding hydrogens is 781 g/mol. The molecule has 292 valence electrons. The summed E-state index contributed by atoms with van der Waals surface area (Å²) in [7, 11) is 0. The van der Waals surface area contributed by atoms with Crippen molar-refractivity contribution in [3.8, 4) is 48.5 Å². The Kier molecular flexibility index (Phi) is 8.52. The van der Waals surface area contributed by atoms with Crippen molar-refractivity contribution in [2.24, 2.45) is 0 Å². The summed E-state index contributed by atoms with van der Waals surface area (Å²) in [5.74, 6) is -1.25. The predicted molar refractivity (Wildman–Crippen MR) is 245 cm³/mol. The molecule has 3 aromatic heterocycles. The molecular formula is C52H38N2O4S2. The van der Waals surface area contributed by atoms with Gasteiger partial charge in [-0.25, -0.2) is 9.59 Å². The van der Waals surface area contributed by atoms with Gasteiger partial charge in [-0.05, 0) is 124 Å². The van der Waals surface area contributed by atoms with E-state index in [1.54, 1.807) is 13.0 Å². The zero-order chi connectivity index (χ0) is 41.7. The summed E-state index contributed by atoms with van der Waals surface area (Å²) in [6.45, 7) is 10.8. The second-order valence-electron chi connectivity index (χ2n) is 16.6. The molecule has 0 saturated carbocycles. The number of nitriles is 1. The number of fused-ring (bicyclic) bond motifs is 7. The minimum atomic E-state index is -1.25. The Morgan fingerprint density at radius 2 is 1.13 bits per heavy atom. The van der Waals surface area contributed by atoms with Crippen molar-refractivity contribution in [1.29, 1.82) is 5.26 Å². The molecule has 0 saturated heterocycles. The number of carboxylic acids is 1. The predicted octanol–water partition coefficient (Wildman–Crippen LogP) is 13.7. The number of rotatable bonds is 7. The maximum atomic E-state index is 13.8. The lowest BCUT2D eigenvalue weighted by Crippen LogP contribution is -2.18. The quantitative estimate of drug-likeness (QED) is 0.0978. The van der Waals surface area contributed by atoms with Gasteiger partial charge in [-0.1, -0.05) is 88.4 Å². The van der Waals surface area contributed by atoms with Crippen molar-refractivity contribution in [2.45, 2.75) is 45.4 Å². The van der Waals surface area contributed by atoms with Crippen molar-refractivity contribution < 1.29 is 14.3 Å². The van der Waals surface area contributed by atoms with E-state index in [1.165, 1.54) is 67.2 Å². The lowest BCUT2D eigenvalue weighted by molar-refractivity contribution is -0.132. The smallest absolute Gasteiger partial charge is 0.346 e. The minimum absolute atomic E-state index is 0.188. The van der Waals surface area contributed by atoms with Crippen molar-refractivity contribution in [3.05, 3.63) is 177 Å². The molecule has 8 aromatic rings. The van der Waals surface area contributed by atoms with E-state index in [4.69, 9.17) is 4.42 Å². The van der Waals surface area contributed by atoms with Crippen molar-refractivity contribution in [3.63, 3.8) is 0 Å².